The lowest BCUT2D eigenvalue weighted by molar-refractivity contribution is -0.192. The minimum absolute atomic E-state index is 0.0962. The van der Waals surface area contributed by atoms with Gasteiger partial charge >= 0.3 is 24.5 Å². The first-order valence-corrected chi connectivity index (χ1v) is 12.7. The summed E-state index contributed by atoms with van der Waals surface area (Å²) in [4.78, 5) is 23.4. The Morgan fingerprint density at radius 3 is 2.02 bits per heavy atom. The highest BCUT2D eigenvalue weighted by Gasteiger charge is 2.38. The SMILES string of the molecule is Fc1ccc(Cc2cc(C(F)(F)F)cc3[nH]c(N4CCN(c5ncccc5C(F)(F)F)CC4)nc23)cc1F.O=C(O)C(F)(F)F. The van der Waals surface area contributed by atoms with Crippen molar-refractivity contribution in [3.8, 4) is 0 Å². The van der Waals surface area contributed by atoms with Gasteiger partial charge in [0.2, 0.25) is 5.95 Å². The van der Waals surface area contributed by atoms with E-state index < -0.39 is 47.3 Å². The van der Waals surface area contributed by atoms with Crippen molar-refractivity contribution in [1.82, 2.24) is 15.0 Å². The Hall–Kier alpha value is -4.64. The molecule has 0 atom stereocenters. The Morgan fingerprint density at radius 1 is 0.844 bits per heavy atom. The second kappa shape index (κ2) is 12.4. The number of aromatic amines is 1. The number of carbonyl (C=O) groups is 1. The molecule has 0 bridgehead atoms. The Kier molecular flexibility index (Phi) is 9.16. The van der Waals surface area contributed by atoms with E-state index in [0.29, 0.717) is 0 Å². The fraction of sp³-hybridized carbons (Fsp3) is 0.296. The minimum Gasteiger partial charge on any atom is -0.475 e. The molecule has 0 spiro atoms. The van der Waals surface area contributed by atoms with Gasteiger partial charge in [-0.25, -0.2) is 23.5 Å². The summed E-state index contributed by atoms with van der Waals surface area (Å²) in [6, 6.07) is 7.11. The van der Waals surface area contributed by atoms with E-state index in [1.807, 2.05) is 0 Å². The van der Waals surface area contributed by atoms with Gasteiger partial charge in [0.1, 0.15) is 5.82 Å². The summed E-state index contributed by atoms with van der Waals surface area (Å²) < 4.78 is 140. The number of fused-ring (bicyclic) bond motifs is 1. The molecule has 1 saturated heterocycles. The van der Waals surface area contributed by atoms with Crippen LogP contribution in [-0.4, -0.2) is 58.4 Å². The number of benzene rings is 2. The molecule has 7 nitrogen and oxygen atoms in total. The number of aliphatic carboxylic acids is 1. The molecule has 2 aromatic heterocycles. The molecule has 18 heteroatoms. The number of anilines is 2. The number of carboxylic acid groups (broad SMARTS) is 1. The number of rotatable bonds is 4. The molecule has 45 heavy (non-hydrogen) atoms. The number of nitrogens with zero attached hydrogens (tertiary/aromatic N) is 4. The summed E-state index contributed by atoms with van der Waals surface area (Å²) in [5.74, 6) is -4.88. The molecule has 242 valence electrons. The van der Waals surface area contributed by atoms with E-state index >= 15 is 0 Å². The summed E-state index contributed by atoms with van der Waals surface area (Å²) >= 11 is 0. The third kappa shape index (κ3) is 7.91. The molecule has 0 amide bonds. The van der Waals surface area contributed by atoms with Crippen molar-refractivity contribution < 1.29 is 58.2 Å². The highest BCUT2D eigenvalue weighted by Crippen LogP contribution is 2.37. The zero-order valence-electron chi connectivity index (χ0n) is 22.5. The number of hydrogen-bond acceptors (Lipinski definition) is 5. The molecule has 2 aromatic carbocycles. The predicted molar refractivity (Wildman–Crippen MR) is 138 cm³/mol. The van der Waals surface area contributed by atoms with Crippen LogP contribution in [0.4, 0.5) is 60.1 Å². The fourth-order valence-electron chi connectivity index (χ4n) is 4.49. The summed E-state index contributed by atoms with van der Waals surface area (Å²) in [7, 11) is 0. The summed E-state index contributed by atoms with van der Waals surface area (Å²) in [5, 5.41) is 7.12. The van der Waals surface area contributed by atoms with Crippen molar-refractivity contribution in [3.63, 3.8) is 0 Å². The number of hydrogen-bond donors (Lipinski definition) is 2. The monoisotopic (exact) mass is 655 g/mol. The molecule has 1 aliphatic heterocycles. The first kappa shape index (κ1) is 33.3. The summed E-state index contributed by atoms with van der Waals surface area (Å²) in [5.41, 5.74) is -1.04. The van der Waals surface area contributed by atoms with Crippen molar-refractivity contribution in [1.29, 1.82) is 0 Å². The van der Waals surface area contributed by atoms with E-state index in [0.717, 1.165) is 30.3 Å². The molecule has 2 N–H and O–H groups in total. The van der Waals surface area contributed by atoms with Crippen molar-refractivity contribution in [2.45, 2.75) is 24.9 Å². The summed E-state index contributed by atoms with van der Waals surface area (Å²) in [6.45, 7) is 0.815. The molecule has 0 aliphatic carbocycles. The van der Waals surface area contributed by atoms with Gasteiger partial charge in [-0.2, -0.15) is 39.5 Å². The zero-order valence-corrected chi connectivity index (χ0v) is 22.5. The van der Waals surface area contributed by atoms with Gasteiger partial charge in [0.05, 0.1) is 22.2 Å². The lowest BCUT2D eigenvalue weighted by Crippen LogP contribution is -2.47. The zero-order chi connectivity index (χ0) is 33.3. The number of H-pyrrole nitrogens is 1. The topological polar surface area (TPSA) is 85.4 Å². The smallest absolute Gasteiger partial charge is 0.475 e. The maximum Gasteiger partial charge on any atom is 0.490 e. The van der Waals surface area contributed by atoms with Crippen molar-refractivity contribution in [2.24, 2.45) is 0 Å². The Balaban J connectivity index is 0.000000591. The van der Waals surface area contributed by atoms with Crippen molar-refractivity contribution in [3.05, 3.63) is 82.5 Å². The van der Waals surface area contributed by atoms with Crippen LogP contribution in [0.1, 0.15) is 22.3 Å². The van der Waals surface area contributed by atoms with Crippen LogP contribution in [-0.2, 0) is 23.6 Å². The number of carboxylic acids is 1. The Labute approximate surface area is 245 Å². The number of imidazole rings is 1. The average molecular weight is 655 g/mol. The van der Waals surface area contributed by atoms with Gasteiger partial charge < -0.3 is 19.9 Å². The number of piperazine rings is 1. The maximum atomic E-state index is 13.7. The highest BCUT2D eigenvalue weighted by molar-refractivity contribution is 5.82. The van der Waals surface area contributed by atoms with Crippen LogP contribution in [0.5, 0.6) is 0 Å². The van der Waals surface area contributed by atoms with E-state index in [4.69, 9.17) is 9.90 Å². The fourth-order valence-corrected chi connectivity index (χ4v) is 4.49. The molecular formula is C27H20F11N5O2. The van der Waals surface area contributed by atoms with Gasteiger partial charge in [-0.3, -0.25) is 0 Å². The second-order valence-corrected chi connectivity index (χ2v) is 9.66. The lowest BCUT2D eigenvalue weighted by atomic mass is 10.0. The first-order valence-electron chi connectivity index (χ1n) is 12.7. The summed E-state index contributed by atoms with van der Waals surface area (Å²) in [6.07, 6.45) is -13.2. The third-order valence-corrected chi connectivity index (χ3v) is 6.57. The second-order valence-electron chi connectivity index (χ2n) is 9.66. The molecule has 3 heterocycles. The van der Waals surface area contributed by atoms with Crippen LogP contribution in [0.3, 0.4) is 0 Å². The predicted octanol–water partition coefficient (Wildman–Crippen LogP) is 6.82. The molecule has 1 aliphatic rings. The number of nitrogens with one attached hydrogen (secondary N) is 1. The van der Waals surface area contributed by atoms with Gasteiger partial charge in [-0.1, -0.05) is 6.07 Å². The number of alkyl halides is 9. The molecule has 5 rings (SSSR count). The van der Waals surface area contributed by atoms with Gasteiger partial charge in [0.25, 0.3) is 0 Å². The van der Waals surface area contributed by atoms with Gasteiger partial charge in [-0.05, 0) is 53.9 Å². The van der Waals surface area contributed by atoms with Gasteiger partial charge in [0, 0.05) is 32.4 Å². The van der Waals surface area contributed by atoms with E-state index in [1.54, 1.807) is 4.90 Å². The number of halogens is 11. The van der Waals surface area contributed by atoms with E-state index in [9.17, 15) is 48.3 Å². The van der Waals surface area contributed by atoms with E-state index in [1.165, 1.54) is 23.2 Å². The van der Waals surface area contributed by atoms with Crippen LogP contribution < -0.4 is 9.80 Å². The third-order valence-electron chi connectivity index (χ3n) is 6.57. The maximum absolute atomic E-state index is 13.7. The van der Waals surface area contributed by atoms with Gasteiger partial charge in [-0.15, -0.1) is 0 Å². The van der Waals surface area contributed by atoms with E-state index in [-0.39, 0.29) is 66.5 Å². The normalized spacial score (nSPS) is 14.4. The molecule has 0 saturated carbocycles. The first-order chi connectivity index (χ1) is 20.8. The molecule has 1 fully saturated rings. The number of pyridine rings is 1. The lowest BCUT2D eigenvalue weighted by Gasteiger charge is -2.36. The quantitative estimate of drug-likeness (QED) is 0.235. The van der Waals surface area contributed by atoms with Crippen molar-refractivity contribution >= 4 is 28.8 Å². The Bertz CT molecular complexity index is 1670. The standard InChI is InChI=1S/C25H19F8N5.C2HF3O2/c26-18-4-3-14(11-19(18)27)10-15-12-16(24(28,29)30)13-20-21(15)36-23(35-20)38-8-6-37(7-9-38)22-17(25(31,32)33)2-1-5-34-22;3-2(4,5)1(6)7/h1-5,11-13H,6-10H2,(H,35,36);(H,6,7). The van der Waals surface area contributed by atoms with Crippen LogP contribution >= 0.6 is 0 Å². The molecule has 4 aromatic rings. The highest BCUT2D eigenvalue weighted by atomic mass is 19.4. The van der Waals surface area contributed by atoms with Gasteiger partial charge in [0.15, 0.2) is 11.6 Å². The minimum atomic E-state index is -5.08. The van der Waals surface area contributed by atoms with Crippen LogP contribution in [0, 0.1) is 11.6 Å². The van der Waals surface area contributed by atoms with Crippen LogP contribution in [0.15, 0.2) is 48.7 Å². The van der Waals surface area contributed by atoms with E-state index in [2.05, 4.69) is 15.0 Å². The molecule has 0 unspecified atom stereocenters. The largest absolute Gasteiger partial charge is 0.490 e. The number of aromatic nitrogens is 3. The Morgan fingerprint density at radius 2 is 1.47 bits per heavy atom. The van der Waals surface area contributed by atoms with Crippen LogP contribution in [0.25, 0.3) is 11.0 Å². The average Bonchev–Trinajstić information content (AvgIpc) is 3.39. The van der Waals surface area contributed by atoms with Crippen molar-refractivity contribution in [2.75, 3.05) is 36.0 Å². The molecule has 0 radical (unpaired) electrons. The molecular weight excluding hydrogens is 635 g/mol. The van der Waals surface area contributed by atoms with Crippen LogP contribution in [0.2, 0.25) is 0 Å².